The largest absolute Gasteiger partial charge is 0.346 e. The zero-order chi connectivity index (χ0) is 29.3. The molecular formula is C32H40ClNO5. The van der Waals surface area contributed by atoms with Crippen molar-refractivity contribution in [2.24, 2.45) is 23.2 Å². The zero-order valence-electron chi connectivity index (χ0n) is 23.8. The summed E-state index contributed by atoms with van der Waals surface area (Å²) >= 11 is 5.92. The lowest BCUT2D eigenvalue weighted by atomic mass is 9.76. The molecule has 0 fully saturated rings. The van der Waals surface area contributed by atoms with Crippen LogP contribution in [0.15, 0.2) is 54.6 Å². The summed E-state index contributed by atoms with van der Waals surface area (Å²) in [5.41, 5.74) is 0.882. The molecular weight excluding hydrogens is 514 g/mol. The molecule has 0 bridgehead atoms. The maximum atomic E-state index is 13.2. The lowest BCUT2D eigenvalue weighted by Crippen LogP contribution is -2.46. The Bertz CT molecular complexity index is 1170. The van der Waals surface area contributed by atoms with Crippen molar-refractivity contribution < 1.29 is 24.0 Å². The Balaban J connectivity index is 2.03. The molecule has 0 aliphatic heterocycles. The molecule has 2 aromatic carbocycles. The minimum Gasteiger partial charge on any atom is -0.346 e. The fourth-order valence-corrected chi connectivity index (χ4v) is 4.51. The van der Waals surface area contributed by atoms with Gasteiger partial charge in [0.15, 0.2) is 17.3 Å². The highest BCUT2D eigenvalue weighted by Gasteiger charge is 2.36. The fraction of sp³-hybridized carbons (Fsp3) is 0.469. The summed E-state index contributed by atoms with van der Waals surface area (Å²) in [5, 5.41) is 3.27. The topological polar surface area (TPSA) is 97.4 Å². The van der Waals surface area contributed by atoms with Gasteiger partial charge in [0.1, 0.15) is 0 Å². The number of rotatable bonds is 14. The van der Waals surface area contributed by atoms with Crippen LogP contribution in [0.2, 0.25) is 5.02 Å². The molecule has 0 aliphatic rings. The van der Waals surface area contributed by atoms with Crippen molar-refractivity contribution in [3.05, 3.63) is 70.7 Å². The van der Waals surface area contributed by atoms with Gasteiger partial charge in [-0.3, -0.25) is 24.0 Å². The van der Waals surface area contributed by atoms with Gasteiger partial charge in [-0.1, -0.05) is 76.6 Å². The predicted octanol–water partition coefficient (Wildman–Crippen LogP) is 6.08. The monoisotopic (exact) mass is 553 g/mol. The molecule has 0 aliphatic carbocycles. The van der Waals surface area contributed by atoms with E-state index in [1.165, 1.54) is 0 Å². The van der Waals surface area contributed by atoms with Crippen molar-refractivity contribution in [3.8, 4) is 0 Å². The summed E-state index contributed by atoms with van der Waals surface area (Å²) in [6.07, 6.45) is 0.376. The average molecular weight is 554 g/mol. The van der Waals surface area contributed by atoms with Crippen LogP contribution in [0.1, 0.15) is 76.7 Å². The van der Waals surface area contributed by atoms with Gasteiger partial charge in [0.05, 0.1) is 12.0 Å². The highest BCUT2D eigenvalue weighted by atomic mass is 35.5. The van der Waals surface area contributed by atoms with Crippen LogP contribution in [0.3, 0.4) is 0 Å². The summed E-state index contributed by atoms with van der Waals surface area (Å²) < 4.78 is 0. The molecule has 0 saturated carbocycles. The van der Waals surface area contributed by atoms with E-state index in [1.807, 2.05) is 65.0 Å². The van der Waals surface area contributed by atoms with Gasteiger partial charge in [-0.15, -0.1) is 0 Å². The van der Waals surface area contributed by atoms with E-state index in [0.717, 1.165) is 5.56 Å². The first kappa shape index (κ1) is 32.1. The summed E-state index contributed by atoms with van der Waals surface area (Å²) in [4.78, 5) is 64.8. The molecule has 7 heteroatoms. The number of Topliss-reactive ketones (excluding diaryl/α,β-unsaturated/α-hetero) is 4. The van der Waals surface area contributed by atoms with Crippen LogP contribution in [0, 0.1) is 23.2 Å². The Hall–Kier alpha value is -3.12. The lowest BCUT2D eigenvalue weighted by Gasteiger charge is -2.30. The normalized spacial score (nSPS) is 13.8. The van der Waals surface area contributed by atoms with Gasteiger partial charge in [0.25, 0.3) is 0 Å². The average Bonchev–Trinajstić information content (AvgIpc) is 2.88. The number of halogens is 1. The van der Waals surface area contributed by atoms with Gasteiger partial charge in [-0.2, -0.15) is 0 Å². The minimum absolute atomic E-state index is 0.0269. The number of aryl methyl sites for hydroxylation is 1. The van der Waals surface area contributed by atoms with E-state index in [4.69, 9.17) is 11.6 Å². The van der Waals surface area contributed by atoms with Crippen molar-refractivity contribution >= 4 is 40.6 Å². The molecule has 2 aromatic rings. The lowest BCUT2D eigenvalue weighted by molar-refractivity contribution is -0.141. The highest BCUT2D eigenvalue weighted by molar-refractivity contribution is 6.38. The molecule has 6 nitrogen and oxygen atoms in total. The van der Waals surface area contributed by atoms with E-state index in [0.29, 0.717) is 17.0 Å². The Morgan fingerprint density at radius 3 is 1.97 bits per heavy atom. The van der Waals surface area contributed by atoms with Crippen molar-refractivity contribution in [2.45, 2.75) is 73.3 Å². The number of nitrogens with one attached hydrogen (secondary N) is 1. The van der Waals surface area contributed by atoms with Crippen molar-refractivity contribution in [3.63, 3.8) is 0 Å². The van der Waals surface area contributed by atoms with E-state index in [1.54, 1.807) is 31.2 Å². The van der Waals surface area contributed by atoms with Gasteiger partial charge < -0.3 is 5.32 Å². The number of carbonyl (C=O) groups is 5. The number of hydrogen-bond donors (Lipinski definition) is 1. The quantitative estimate of drug-likeness (QED) is 0.226. The van der Waals surface area contributed by atoms with E-state index in [2.05, 4.69) is 5.32 Å². The number of ketones is 4. The Labute approximate surface area is 236 Å². The zero-order valence-corrected chi connectivity index (χ0v) is 24.5. The summed E-state index contributed by atoms with van der Waals surface area (Å²) in [5.74, 6) is -3.63. The predicted molar refractivity (Wildman–Crippen MR) is 154 cm³/mol. The maximum absolute atomic E-state index is 13.2. The van der Waals surface area contributed by atoms with E-state index < -0.39 is 40.8 Å². The standard InChI is InChI=1S/C32H40ClNO5/c1-20(2)25(30(38)27(35)17-12-22-10-8-7-9-11-22)18-28(36)21(3)34-31(39)26(32(4,5)6)19-29(37)23-13-15-24(33)16-14-23/h7-11,13-16,20-21,25-26H,12,17-19H2,1-6H3,(H,34,39)/t21-,25-,26+/m0/s1. The summed E-state index contributed by atoms with van der Waals surface area (Å²) in [7, 11) is 0. The van der Waals surface area contributed by atoms with Gasteiger partial charge >= 0.3 is 0 Å². The van der Waals surface area contributed by atoms with Crippen molar-refractivity contribution in [2.75, 3.05) is 0 Å². The first-order chi connectivity index (χ1) is 18.2. The first-order valence-corrected chi connectivity index (χ1v) is 13.8. The Morgan fingerprint density at radius 1 is 0.846 bits per heavy atom. The number of carbonyl (C=O) groups excluding carboxylic acids is 5. The van der Waals surface area contributed by atoms with Crippen LogP contribution < -0.4 is 5.32 Å². The van der Waals surface area contributed by atoms with Gasteiger partial charge in [-0.25, -0.2) is 0 Å². The molecule has 0 unspecified atom stereocenters. The van der Waals surface area contributed by atoms with Crippen LogP contribution in [-0.4, -0.2) is 35.1 Å². The van der Waals surface area contributed by atoms with Gasteiger partial charge in [-0.05, 0) is 54.5 Å². The molecule has 210 valence electrons. The van der Waals surface area contributed by atoms with Crippen LogP contribution in [-0.2, 0) is 25.6 Å². The minimum atomic E-state index is -0.874. The molecule has 1 N–H and O–H groups in total. The molecule has 0 spiro atoms. The first-order valence-electron chi connectivity index (χ1n) is 13.4. The number of hydrogen-bond acceptors (Lipinski definition) is 5. The molecule has 0 saturated heterocycles. The van der Waals surface area contributed by atoms with Crippen molar-refractivity contribution in [1.82, 2.24) is 5.32 Å². The van der Waals surface area contributed by atoms with Crippen LogP contribution >= 0.6 is 11.6 Å². The van der Waals surface area contributed by atoms with Crippen LogP contribution in [0.4, 0.5) is 0 Å². The van der Waals surface area contributed by atoms with E-state index in [9.17, 15) is 24.0 Å². The smallest absolute Gasteiger partial charge is 0.224 e. The van der Waals surface area contributed by atoms with Crippen LogP contribution in [0.25, 0.3) is 0 Å². The number of amides is 1. The number of benzene rings is 2. The summed E-state index contributed by atoms with van der Waals surface area (Å²) in [6, 6.07) is 15.1. The van der Waals surface area contributed by atoms with E-state index >= 15 is 0 Å². The fourth-order valence-electron chi connectivity index (χ4n) is 4.38. The molecule has 1 amide bonds. The summed E-state index contributed by atoms with van der Waals surface area (Å²) in [6.45, 7) is 10.8. The van der Waals surface area contributed by atoms with Crippen LogP contribution in [0.5, 0.6) is 0 Å². The molecule has 2 rings (SSSR count). The molecule has 0 aromatic heterocycles. The van der Waals surface area contributed by atoms with Gasteiger partial charge in [0.2, 0.25) is 11.7 Å². The third-order valence-corrected chi connectivity index (χ3v) is 7.33. The molecule has 3 atom stereocenters. The molecule has 39 heavy (non-hydrogen) atoms. The third-order valence-electron chi connectivity index (χ3n) is 7.08. The highest BCUT2D eigenvalue weighted by Crippen LogP contribution is 2.31. The molecule has 0 radical (unpaired) electrons. The maximum Gasteiger partial charge on any atom is 0.224 e. The molecule has 0 heterocycles. The second-order valence-corrected chi connectivity index (χ2v) is 12.0. The van der Waals surface area contributed by atoms with Gasteiger partial charge in [0, 0.05) is 35.8 Å². The Morgan fingerprint density at radius 2 is 1.44 bits per heavy atom. The second-order valence-electron chi connectivity index (χ2n) is 11.6. The SMILES string of the molecule is CC(C)[C@H](CC(=O)[C@H](C)NC(=O)[C@@H](CC(=O)c1ccc(Cl)cc1)C(C)(C)C)C(=O)C(=O)CCc1ccccc1. The third kappa shape index (κ3) is 9.85. The Kier molecular flexibility index (Phi) is 11.8. The van der Waals surface area contributed by atoms with E-state index in [-0.39, 0.29) is 36.7 Å². The van der Waals surface area contributed by atoms with Crippen molar-refractivity contribution in [1.29, 1.82) is 0 Å². The second kappa shape index (κ2) is 14.3.